The van der Waals surface area contributed by atoms with Gasteiger partial charge in [0.25, 0.3) is 5.91 Å². The molecule has 0 unspecified atom stereocenters. The number of ether oxygens (including phenoxy) is 1. The standard InChI is InChI=1S/C20H24FN3O4S/c1-2-28-17-9-7-16(8-10-17)22-20(25)15-23-11-13-24(14-12-23)29(26,27)19-6-4-3-5-18(19)21/h3-10H,2,11-15H2,1H3,(H,22,25)/p+1. The number of nitrogens with zero attached hydrogens (tertiary/aromatic N) is 1. The molecule has 156 valence electrons. The molecule has 0 bridgehead atoms. The maximum absolute atomic E-state index is 13.9. The first-order valence-electron chi connectivity index (χ1n) is 9.51. The van der Waals surface area contributed by atoms with Gasteiger partial charge in [0.2, 0.25) is 10.0 Å². The molecule has 0 spiro atoms. The molecular weight excluding hydrogens is 397 g/mol. The van der Waals surface area contributed by atoms with Crippen LogP contribution in [-0.2, 0) is 14.8 Å². The van der Waals surface area contributed by atoms with E-state index in [4.69, 9.17) is 4.74 Å². The van der Waals surface area contributed by atoms with Gasteiger partial charge in [-0.05, 0) is 43.3 Å². The predicted octanol–water partition coefficient (Wildman–Crippen LogP) is 0.752. The van der Waals surface area contributed by atoms with E-state index >= 15 is 0 Å². The minimum absolute atomic E-state index is 0.144. The van der Waals surface area contributed by atoms with Crippen molar-refractivity contribution in [1.82, 2.24) is 4.31 Å². The van der Waals surface area contributed by atoms with E-state index in [1.54, 1.807) is 24.3 Å². The van der Waals surface area contributed by atoms with Crippen LogP contribution in [0.4, 0.5) is 10.1 Å². The number of rotatable bonds is 7. The molecule has 0 atom stereocenters. The Bertz CT molecular complexity index is 942. The summed E-state index contributed by atoms with van der Waals surface area (Å²) in [5.74, 6) is -0.158. The first-order valence-corrected chi connectivity index (χ1v) is 10.9. The zero-order chi connectivity index (χ0) is 20.9. The minimum Gasteiger partial charge on any atom is -0.494 e. The smallest absolute Gasteiger partial charge is 0.279 e. The Morgan fingerprint density at radius 3 is 2.41 bits per heavy atom. The van der Waals surface area contributed by atoms with Crippen LogP contribution >= 0.6 is 0 Å². The first kappa shape index (κ1) is 21.2. The van der Waals surface area contributed by atoms with Crippen LogP contribution in [0.15, 0.2) is 53.4 Å². The maximum Gasteiger partial charge on any atom is 0.279 e. The number of piperazine rings is 1. The molecule has 0 aromatic heterocycles. The van der Waals surface area contributed by atoms with Crippen molar-refractivity contribution >= 4 is 21.6 Å². The number of carbonyl (C=O) groups is 1. The molecule has 1 aliphatic rings. The number of sulfonamides is 1. The molecule has 1 aliphatic heterocycles. The lowest BCUT2D eigenvalue weighted by molar-refractivity contribution is -0.895. The summed E-state index contributed by atoms with van der Waals surface area (Å²) in [6.07, 6.45) is 0. The second-order valence-electron chi connectivity index (χ2n) is 6.77. The number of amides is 1. The van der Waals surface area contributed by atoms with E-state index < -0.39 is 15.8 Å². The predicted molar refractivity (Wildman–Crippen MR) is 107 cm³/mol. The van der Waals surface area contributed by atoms with E-state index in [1.165, 1.54) is 22.5 Å². The van der Waals surface area contributed by atoms with Gasteiger partial charge in [0.05, 0.1) is 32.8 Å². The van der Waals surface area contributed by atoms with Crippen molar-refractivity contribution < 1.29 is 27.2 Å². The molecule has 0 aliphatic carbocycles. The largest absolute Gasteiger partial charge is 0.494 e. The second kappa shape index (κ2) is 9.34. The highest BCUT2D eigenvalue weighted by Crippen LogP contribution is 2.19. The van der Waals surface area contributed by atoms with Gasteiger partial charge in [-0.15, -0.1) is 0 Å². The van der Waals surface area contributed by atoms with Crippen LogP contribution in [-0.4, -0.2) is 58.0 Å². The molecule has 1 saturated heterocycles. The lowest BCUT2D eigenvalue weighted by Crippen LogP contribution is -3.15. The summed E-state index contributed by atoms with van der Waals surface area (Å²) in [5.41, 5.74) is 0.679. The lowest BCUT2D eigenvalue weighted by Gasteiger charge is -2.31. The van der Waals surface area contributed by atoms with Gasteiger partial charge in [-0.1, -0.05) is 12.1 Å². The monoisotopic (exact) mass is 422 g/mol. The van der Waals surface area contributed by atoms with Crippen molar-refractivity contribution in [3.63, 3.8) is 0 Å². The molecule has 0 saturated carbocycles. The summed E-state index contributed by atoms with van der Waals surface area (Å²) in [6.45, 7) is 4.15. The normalized spacial score (nSPS) is 15.8. The molecule has 3 rings (SSSR count). The first-order chi connectivity index (χ1) is 13.9. The maximum atomic E-state index is 13.9. The van der Waals surface area contributed by atoms with E-state index in [1.807, 2.05) is 6.92 Å². The average molecular weight is 423 g/mol. The van der Waals surface area contributed by atoms with E-state index in [2.05, 4.69) is 5.32 Å². The molecule has 7 nitrogen and oxygen atoms in total. The summed E-state index contributed by atoms with van der Waals surface area (Å²) >= 11 is 0. The number of benzene rings is 2. The summed E-state index contributed by atoms with van der Waals surface area (Å²) in [5, 5.41) is 2.84. The van der Waals surface area contributed by atoms with Gasteiger partial charge in [-0.25, -0.2) is 12.8 Å². The fraction of sp³-hybridized carbons (Fsp3) is 0.350. The van der Waals surface area contributed by atoms with Crippen LogP contribution in [0, 0.1) is 5.82 Å². The molecule has 2 aromatic rings. The van der Waals surface area contributed by atoms with Crippen molar-refractivity contribution in [1.29, 1.82) is 0 Å². The van der Waals surface area contributed by atoms with Crippen LogP contribution in [0.1, 0.15) is 6.92 Å². The molecule has 2 aromatic carbocycles. The van der Waals surface area contributed by atoms with Crippen molar-refractivity contribution in [2.45, 2.75) is 11.8 Å². The van der Waals surface area contributed by atoms with Crippen molar-refractivity contribution in [3.8, 4) is 5.75 Å². The number of hydrogen-bond acceptors (Lipinski definition) is 4. The van der Waals surface area contributed by atoms with Gasteiger partial charge < -0.3 is 15.0 Å². The molecule has 1 amide bonds. The fourth-order valence-electron chi connectivity index (χ4n) is 3.25. The van der Waals surface area contributed by atoms with Gasteiger partial charge in [0.15, 0.2) is 6.54 Å². The Morgan fingerprint density at radius 1 is 1.14 bits per heavy atom. The number of halogens is 1. The van der Waals surface area contributed by atoms with Crippen LogP contribution in [0.5, 0.6) is 5.75 Å². The Balaban J connectivity index is 1.51. The van der Waals surface area contributed by atoms with Gasteiger partial charge in [-0.2, -0.15) is 4.31 Å². The number of hydrogen-bond donors (Lipinski definition) is 2. The minimum atomic E-state index is -3.87. The number of carbonyl (C=O) groups excluding carboxylic acids is 1. The third kappa shape index (κ3) is 5.31. The molecule has 0 radical (unpaired) electrons. The van der Waals surface area contributed by atoms with Crippen molar-refractivity contribution in [3.05, 3.63) is 54.3 Å². The summed E-state index contributed by atoms with van der Waals surface area (Å²) in [6, 6.07) is 12.5. The Hall–Kier alpha value is -2.49. The number of nitrogens with one attached hydrogen (secondary N) is 2. The fourth-order valence-corrected chi connectivity index (χ4v) is 4.75. The van der Waals surface area contributed by atoms with Crippen LogP contribution in [0.3, 0.4) is 0 Å². The molecule has 1 fully saturated rings. The van der Waals surface area contributed by atoms with E-state index in [-0.39, 0.29) is 30.4 Å². The Morgan fingerprint density at radius 2 is 1.79 bits per heavy atom. The lowest BCUT2D eigenvalue weighted by atomic mass is 10.3. The average Bonchev–Trinajstić information content (AvgIpc) is 2.70. The van der Waals surface area contributed by atoms with Gasteiger partial charge in [0.1, 0.15) is 16.5 Å². The second-order valence-corrected chi connectivity index (χ2v) is 8.67. The molecular formula is C20H25FN3O4S+. The SMILES string of the molecule is CCOc1ccc(NC(=O)C[NH+]2CCN(S(=O)(=O)c3ccccc3F)CC2)cc1. The molecule has 29 heavy (non-hydrogen) atoms. The third-order valence-corrected chi connectivity index (χ3v) is 6.68. The van der Waals surface area contributed by atoms with Crippen molar-refractivity contribution in [2.24, 2.45) is 0 Å². The van der Waals surface area contributed by atoms with Gasteiger partial charge in [-0.3, -0.25) is 4.79 Å². The van der Waals surface area contributed by atoms with Crippen molar-refractivity contribution in [2.75, 3.05) is 44.6 Å². The zero-order valence-corrected chi connectivity index (χ0v) is 17.0. The molecule has 9 heteroatoms. The highest BCUT2D eigenvalue weighted by Gasteiger charge is 2.32. The molecule has 2 N–H and O–H groups in total. The Kier molecular flexibility index (Phi) is 6.83. The highest BCUT2D eigenvalue weighted by atomic mass is 32.2. The number of anilines is 1. The van der Waals surface area contributed by atoms with Crippen LogP contribution in [0.25, 0.3) is 0 Å². The van der Waals surface area contributed by atoms with Crippen LogP contribution in [0.2, 0.25) is 0 Å². The quantitative estimate of drug-likeness (QED) is 0.690. The van der Waals surface area contributed by atoms with E-state index in [0.717, 1.165) is 16.7 Å². The zero-order valence-electron chi connectivity index (χ0n) is 16.2. The number of quaternary nitrogens is 1. The molecule has 1 heterocycles. The summed E-state index contributed by atoms with van der Waals surface area (Å²) in [7, 11) is -3.87. The van der Waals surface area contributed by atoms with Gasteiger partial charge >= 0.3 is 0 Å². The topological polar surface area (TPSA) is 80.2 Å². The third-order valence-electron chi connectivity index (χ3n) is 4.74. The van der Waals surface area contributed by atoms with E-state index in [9.17, 15) is 17.6 Å². The van der Waals surface area contributed by atoms with Gasteiger partial charge in [0, 0.05) is 5.69 Å². The van der Waals surface area contributed by atoms with E-state index in [0.29, 0.717) is 25.4 Å². The van der Waals surface area contributed by atoms with Crippen LogP contribution < -0.4 is 15.0 Å². The summed E-state index contributed by atoms with van der Waals surface area (Å²) in [4.78, 5) is 13.0. The Labute approximate surface area is 170 Å². The summed E-state index contributed by atoms with van der Waals surface area (Å²) < 4.78 is 45.8. The highest BCUT2D eigenvalue weighted by molar-refractivity contribution is 7.89.